The first-order valence-corrected chi connectivity index (χ1v) is 10.1. The number of piperazine rings is 1. The molecule has 24 heavy (non-hydrogen) atoms. The normalized spacial score (nSPS) is 24.3. The van der Waals surface area contributed by atoms with Crippen molar-refractivity contribution in [3.63, 3.8) is 0 Å². The molecule has 1 saturated heterocycles. The van der Waals surface area contributed by atoms with Crippen molar-refractivity contribution in [2.75, 3.05) is 44.7 Å². The number of nitrogens with zero attached hydrogens (tertiary/aromatic N) is 2. The van der Waals surface area contributed by atoms with Crippen LogP contribution < -0.4 is 14.4 Å². The highest BCUT2D eigenvalue weighted by Gasteiger charge is 2.33. The Kier molecular flexibility index (Phi) is 5.03. The van der Waals surface area contributed by atoms with Crippen LogP contribution in [-0.4, -0.2) is 59.2 Å². The molecular weight excluding hydrogens is 326 g/mol. The van der Waals surface area contributed by atoms with E-state index in [0.29, 0.717) is 23.2 Å². The minimum atomic E-state index is -3.60. The molecule has 0 amide bonds. The van der Waals surface area contributed by atoms with Crippen LogP contribution in [0.15, 0.2) is 23.1 Å². The summed E-state index contributed by atoms with van der Waals surface area (Å²) in [5.41, 5.74) is 0.748. The maximum absolute atomic E-state index is 13.0. The van der Waals surface area contributed by atoms with Crippen LogP contribution in [0.2, 0.25) is 0 Å². The van der Waals surface area contributed by atoms with Gasteiger partial charge in [0.15, 0.2) is 0 Å². The molecule has 1 aromatic carbocycles. The van der Waals surface area contributed by atoms with Crippen LogP contribution in [0.25, 0.3) is 0 Å². The monoisotopic (exact) mass is 353 g/mol. The maximum atomic E-state index is 13.0. The van der Waals surface area contributed by atoms with Crippen molar-refractivity contribution in [3.05, 3.63) is 18.2 Å². The maximum Gasteiger partial charge on any atom is 0.246 e. The third-order valence-corrected chi connectivity index (χ3v) is 6.18. The second-order valence-corrected chi connectivity index (χ2v) is 8.80. The van der Waals surface area contributed by atoms with E-state index in [4.69, 9.17) is 4.74 Å². The Morgan fingerprint density at radius 2 is 1.96 bits per heavy atom. The lowest BCUT2D eigenvalue weighted by Crippen LogP contribution is -2.45. The molecule has 7 heteroatoms. The van der Waals surface area contributed by atoms with E-state index in [2.05, 4.69) is 35.4 Å². The lowest BCUT2D eigenvalue weighted by Gasteiger charge is -2.35. The van der Waals surface area contributed by atoms with Gasteiger partial charge in [0.05, 0.1) is 11.7 Å². The fourth-order valence-corrected chi connectivity index (χ4v) is 4.96. The number of sulfonamides is 1. The van der Waals surface area contributed by atoms with Crippen LogP contribution in [-0.2, 0) is 10.0 Å². The molecule has 3 rings (SSSR count). The Balaban J connectivity index is 1.95. The van der Waals surface area contributed by atoms with Gasteiger partial charge in [-0.15, -0.1) is 0 Å². The van der Waals surface area contributed by atoms with E-state index in [9.17, 15) is 8.42 Å². The van der Waals surface area contributed by atoms with Gasteiger partial charge in [0, 0.05) is 26.2 Å². The van der Waals surface area contributed by atoms with Gasteiger partial charge in [0.2, 0.25) is 10.0 Å². The van der Waals surface area contributed by atoms with Crippen molar-refractivity contribution in [1.29, 1.82) is 0 Å². The lowest BCUT2D eigenvalue weighted by molar-refractivity contribution is 0.262. The number of anilines is 1. The number of hydrogen-bond donors (Lipinski definition) is 1. The lowest BCUT2D eigenvalue weighted by atomic mass is 10.1. The second-order valence-electron chi connectivity index (χ2n) is 7.15. The summed E-state index contributed by atoms with van der Waals surface area (Å²) in [6, 6.07) is 5.33. The second kappa shape index (κ2) is 6.90. The van der Waals surface area contributed by atoms with Crippen LogP contribution in [0.1, 0.15) is 20.3 Å². The molecule has 0 radical (unpaired) electrons. The molecule has 0 spiro atoms. The van der Waals surface area contributed by atoms with Gasteiger partial charge < -0.3 is 14.5 Å². The molecule has 1 N–H and O–H groups in total. The van der Waals surface area contributed by atoms with E-state index in [-0.39, 0.29) is 6.04 Å². The SMILES string of the molecule is CC(C)C[C@@H]1COc2cccc(N3CCN(C)CC3)c2S(=O)(=O)N1. The number of fused-ring (bicyclic) bond motifs is 1. The minimum Gasteiger partial charge on any atom is -0.490 e. The van der Waals surface area contributed by atoms with Gasteiger partial charge in [-0.05, 0) is 31.5 Å². The van der Waals surface area contributed by atoms with Crippen molar-refractivity contribution in [2.45, 2.75) is 31.2 Å². The molecule has 0 unspecified atom stereocenters. The molecule has 0 aliphatic carbocycles. The van der Waals surface area contributed by atoms with Gasteiger partial charge in [0.1, 0.15) is 17.3 Å². The fourth-order valence-electron chi connectivity index (χ4n) is 3.37. The predicted molar refractivity (Wildman–Crippen MR) is 95.2 cm³/mol. The Hall–Kier alpha value is -1.31. The first-order chi connectivity index (χ1) is 11.4. The number of ether oxygens (including phenoxy) is 1. The largest absolute Gasteiger partial charge is 0.490 e. The number of rotatable bonds is 3. The summed E-state index contributed by atoms with van der Waals surface area (Å²) < 4.78 is 34.7. The summed E-state index contributed by atoms with van der Waals surface area (Å²) in [6.07, 6.45) is 0.761. The van der Waals surface area contributed by atoms with Crippen molar-refractivity contribution in [2.24, 2.45) is 5.92 Å². The molecule has 2 aliphatic heterocycles. The van der Waals surface area contributed by atoms with E-state index in [1.165, 1.54) is 0 Å². The topological polar surface area (TPSA) is 61.9 Å². The van der Waals surface area contributed by atoms with Crippen LogP contribution in [0.5, 0.6) is 5.75 Å². The van der Waals surface area contributed by atoms with Gasteiger partial charge in [-0.25, -0.2) is 13.1 Å². The van der Waals surface area contributed by atoms with Gasteiger partial charge in [0.25, 0.3) is 0 Å². The molecule has 0 aromatic heterocycles. The first kappa shape index (κ1) is 17.5. The molecule has 1 aromatic rings. The summed E-state index contributed by atoms with van der Waals surface area (Å²) in [5, 5.41) is 0. The average Bonchev–Trinajstić information content (AvgIpc) is 2.64. The number of benzene rings is 1. The molecule has 1 fully saturated rings. The zero-order valence-corrected chi connectivity index (χ0v) is 15.5. The van der Waals surface area contributed by atoms with E-state index >= 15 is 0 Å². The van der Waals surface area contributed by atoms with Crippen LogP contribution in [0.3, 0.4) is 0 Å². The van der Waals surface area contributed by atoms with Gasteiger partial charge in [-0.2, -0.15) is 0 Å². The molecule has 0 bridgehead atoms. The highest BCUT2D eigenvalue weighted by molar-refractivity contribution is 7.89. The summed E-state index contributed by atoms with van der Waals surface area (Å²) in [7, 11) is -1.51. The molecule has 6 nitrogen and oxygen atoms in total. The van der Waals surface area contributed by atoms with Crippen LogP contribution >= 0.6 is 0 Å². The average molecular weight is 353 g/mol. The molecule has 2 aliphatic rings. The Labute approximate surface area is 144 Å². The van der Waals surface area contributed by atoms with Crippen molar-refractivity contribution >= 4 is 15.7 Å². The van der Waals surface area contributed by atoms with E-state index in [0.717, 1.165) is 38.3 Å². The molecule has 1 atom stereocenters. The first-order valence-electron chi connectivity index (χ1n) is 8.58. The Bertz CT molecular complexity index is 682. The van der Waals surface area contributed by atoms with Crippen molar-refractivity contribution in [1.82, 2.24) is 9.62 Å². The third-order valence-electron chi connectivity index (χ3n) is 4.59. The van der Waals surface area contributed by atoms with Gasteiger partial charge >= 0.3 is 0 Å². The summed E-state index contributed by atoms with van der Waals surface area (Å²) >= 11 is 0. The zero-order valence-electron chi connectivity index (χ0n) is 14.7. The van der Waals surface area contributed by atoms with Crippen molar-refractivity contribution < 1.29 is 13.2 Å². The number of likely N-dealkylation sites (N-methyl/N-ethyl adjacent to an activating group) is 1. The summed E-state index contributed by atoms with van der Waals surface area (Å²) in [6.45, 7) is 8.03. The van der Waals surface area contributed by atoms with Crippen molar-refractivity contribution in [3.8, 4) is 5.75 Å². The minimum absolute atomic E-state index is 0.192. The van der Waals surface area contributed by atoms with E-state index in [1.807, 2.05) is 12.1 Å². The zero-order chi connectivity index (χ0) is 17.3. The predicted octanol–water partition coefficient (Wildman–Crippen LogP) is 1.52. The molecule has 134 valence electrons. The standard InChI is InChI=1S/C17H27N3O3S/c1-13(2)11-14-12-23-16-6-4-5-15(17(16)24(21,22)18-14)20-9-7-19(3)8-10-20/h4-6,13-14,18H,7-12H2,1-3H3/t14-/m1/s1. The van der Waals surface area contributed by atoms with Crippen LogP contribution in [0, 0.1) is 5.92 Å². The summed E-state index contributed by atoms with van der Waals surface area (Å²) in [4.78, 5) is 4.69. The van der Waals surface area contributed by atoms with Gasteiger partial charge in [-0.1, -0.05) is 19.9 Å². The summed E-state index contributed by atoms with van der Waals surface area (Å²) in [5.74, 6) is 0.866. The quantitative estimate of drug-likeness (QED) is 0.893. The highest BCUT2D eigenvalue weighted by Crippen LogP contribution is 2.36. The number of hydrogen-bond acceptors (Lipinski definition) is 5. The van der Waals surface area contributed by atoms with Gasteiger partial charge in [-0.3, -0.25) is 0 Å². The smallest absolute Gasteiger partial charge is 0.246 e. The Morgan fingerprint density at radius 3 is 2.62 bits per heavy atom. The number of nitrogens with one attached hydrogen (secondary N) is 1. The Morgan fingerprint density at radius 1 is 1.25 bits per heavy atom. The molecule has 2 heterocycles. The molecule has 0 saturated carbocycles. The molecular formula is C17H27N3O3S. The van der Waals surface area contributed by atoms with E-state index in [1.54, 1.807) is 6.07 Å². The van der Waals surface area contributed by atoms with E-state index < -0.39 is 10.0 Å². The van der Waals surface area contributed by atoms with Crippen LogP contribution in [0.4, 0.5) is 5.69 Å². The highest BCUT2D eigenvalue weighted by atomic mass is 32.2. The third kappa shape index (κ3) is 3.68. The fraction of sp³-hybridized carbons (Fsp3) is 0.647.